The lowest BCUT2D eigenvalue weighted by Gasteiger charge is -2.39. The topological polar surface area (TPSA) is 55.4 Å². The third-order valence-corrected chi connectivity index (χ3v) is 5.61. The van der Waals surface area contributed by atoms with Crippen molar-refractivity contribution in [3.63, 3.8) is 0 Å². The summed E-state index contributed by atoms with van der Waals surface area (Å²) in [5.41, 5.74) is 3.57. The molecule has 0 bridgehead atoms. The van der Waals surface area contributed by atoms with Gasteiger partial charge in [0.1, 0.15) is 0 Å². The summed E-state index contributed by atoms with van der Waals surface area (Å²) in [7, 11) is 0. The Morgan fingerprint density at radius 2 is 2.07 bits per heavy atom. The fourth-order valence-corrected chi connectivity index (χ4v) is 4.31. The quantitative estimate of drug-likeness (QED) is 0.538. The molecule has 1 aromatic rings. The number of esters is 1. The molecule has 0 aromatic heterocycles. The highest BCUT2D eigenvalue weighted by Gasteiger charge is 2.43. The summed E-state index contributed by atoms with van der Waals surface area (Å²) in [6.45, 7) is 8.50. The molecular formula is C23H28ClNO3. The molecule has 150 valence electrons. The van der Waals surface area contributed by atoms with Gasteiger partial charge in [-0.1, -0.05) is 50.9 Å². The van der Waals surface area contributed by atoms with E-state index in [1.165, 1.54) is 0 Å². The molecule has 1 aliphatic carbocycles. The Balaban J connectivity index is 2.09. The lowest BCUT2D eigenvalue weighted by Crippen LogP contribution is -2.38. The van der Waals surface area contributed by atoms with Crippen LogP contribution in [0, 0.1) is 5.41 Å². The SMILES string of the molecule is CCCCOC(=O)C1=C(C)NC2=C(C(=O)CC(C)(C)C2)[C@@H]1c1cccc(Cl)c1. The second-order valence-corrected chi connectivity index (χ2v) is 8.91. The molecule has 5 heteroatoms. The van der Waals surface area contributed by atoms with Crippen LogP contribution in [0.4, 0.5) is 0 Å². The maximum absolute atomic E-state index is 13.1. The van der Waals surface area contributed by atoms with E-state index in [1.807, 2.05) is 25.1 Å². The zero-order valence-electron chi connectivity index (χ0n) is 17.0. The zero-order chi connectivity index (χ0) is 20.5. The normalized spacial score (nSPS) is 21.3. The molecular weight excluding hydrogens is 374 g/mol. The number of halogens is 1. The van der Waals surface area contributed by atoms with Crippen LogP contribution in [-0.2, 0) is 14.3 Å². The fourth-order valence-electron chi connectivity index (χ4n) is 4.11. The molecule has 28 heavy (non-hydrogen) atoms. The van der Waals surface area contributed by atoms with Crippen molar-refractivity contribution in [2.75, 3.05) is 6.61 Å². The molecule has 1 heterocycles. The molecule has 0 saturated heterocycles. The predicted octanol–water partition coefficient (Wildman–Crippen LogP) is 5.29. The Hall–Kier alpha value is -2.07. The molecule has 0 spiro atoms. The van der Waals surface area contributed by atoms with Crippen molar-refractivity contribution in [3.05, 3.63) is 57.4 Å². The van der Waals surface area contributed by atoms with Crippen molar-refractivity contribution in [1.29, 1.82) is 0 Å². The molecule has 0 fully saturated rings. The number of Topliss-reactive ketones (excluding diaryl/α,β-unsaturated/α-hetero) is 1. The highest BCUT2D eigenvalue weighted by atomic mass is 35.5. The average Bonchev–Trinajstić information content (AvgIpc) is 2.59. The van der Waals surface area contributed by atoms with Gasteiger partial charge in [-0.2, -0.15) is 0 Å². The van der Waals surface area contributed by atoms with Crippen LogP contribution in [0.15, 0.2) is 46.8 Å². The van der Waals surface area contributed by atoms with Crippen molar-refractivity contribution >= 4 is 23.4 Å². The van der Waals surface area contributed by atoms with Crippen molar-refractivity contribution in [2.45, 2.75) is 59.3 Å². The maximum atomic E-state index is 13.1. The number of unbranched alkanes of at least 4 members (excludes halogenated alkanes) is 1. The summed E-state index contributed by atoms with van der Waals surface area (Å²) in [5, 5.41) is 3.93. The molecule has 0 unspecified atom stereocenters. The van der Waals surface area contributed by atoms with Crippen LogP contribution in [-0.4, -0.2) is 18.4 Å². The number of carbonyl (C=O) groups excluding carboxylic acids is 2. The number of dihydropyridines is 1. The molecule has 1 aliphatic heterocycles. The van der Waals surface area contributed by atoms with Gasteiger partial charge in [-0.05, 0) is 42.9 Å². The van der Waals surface area contributed by atoms with Gasteiger partial charge in [0.2, 0.25) is 0 Å². The number of benzene rings is 1. The highest BCUT2D eigenvalue weighted by molar-refractivity contribution is 6.30. The second kappa shape index (κ2) is 8.12. The largest absolute Gasteiger partial charge is 0.462 e. The highest BCUT2D eigenvalue weighted by Crippen LogP contribution is 2.47. The first-order valence-corrected chi connectivity index (χ1v) is 10.3. The van der Waals surface area contributed by atoms with Crippen LogP contribution in [0.2, 0.25) is 5.02 Å². The van der Waals surface area contributed by atoms with Crippen LogP contribution < -0.4 is 5.32 Å². The first-order valence-electron chi connectivity index (χ1n) is 9.90. The molecule has 1 N–H and O–H groups in total. The van der Waals surface area contributed by atoms with Crippen LogP contribution in [0.5, 0.6) is 0 Å². The lowest BCUT2D eigenvalue weighted by atomic mass is 9.68. The van der Waals surface area contributed by atoms with Gasteiger partial charge in [0.25, 0.3) is 0 Å². The van der Waals surface area contributed by atoms with Gasteiger partial charge in [-0.3, -0.25) is 4.79 Å². The first-order chi connectivity index (χ1) is 13.2. The summed E-state index contributed by atoms with van der Waals surface area (Å²) >= 11 is 6.24. The van der Waals surface area contributed by atoms with E-state index in [4.69, 9.17) is 16.3 Å². The van der Waals surface area contributed by atoms with Gasteiger partial charge < -0.3 is 10.1 Å². The number of allylic oxidation sites excluding steroid dienone is 3. The third-order valence-electron chi connectivity index (χ3n) is 5.37. The summed E-state index contributed by atoms with van der Waals surface area (Å²) in [6.07, 6.45) is 2.99. The van der Waals surface area contributed by atoms with E-state index in [2.05, 4.69) is 26.1 Å². The van der Waals surface area contributed by atoms with Gasteiger partial charge >= 0.3 is 5.97 Å². The molecule has 1 atom stereocenters. The summed E-state index contributed by atoms with van der Waals surface area (Å²) in [4.78, 5) is 26.1. The number of hydrogen-bond donors (Lipinski definition) is 1. The molecule has 0 saturated carbocycles. The molecule has 0 radical (unpaired) electrons. The van der Waals surface area contributed by atoms with E-state index >= 15 is 0 Å². The Morgan fingerprint density at radius 3 is 2.75 bits per heavy atom. The van der Waals surface area contributed by atoms with E-state index < -0.39 is 5.92 Å². The number of hydrogen-bond acceptors (Lipinski definition) is 4. The van der Waals surface area contributed by atoms with Crippen LogP contribution >= 0.6 is 11.6 Å². The van der Waals surface area contributed by atoms with Gasteiger partial charge in [0.15, 0.2) is 5.78 Å². The summed E-state index contributed by atoms with van der Waals surface area (Å²) in [5.74, 6) is -0.740. The van der Waals surface area contributed by atoms with Gasteiger partial charge in [0, 0.05) is 34.3 Å². The Labute approximate surface area is 172 Å². The number of nitrogens with one attached hydrogen (secondary N) is 1. The smallest absolute Gasteiger partial charge is 0.336 e. The minimum Gasteiger partial charge on any atom is -0.462 e. The van der Waals surface area contributed by atoms with E-state index in [9.17, 15) is 9.59 Å². The van der Waals surface area contributed by atoms with Crippen molar-refractivity contribution in [1.82, 2.24) is 5.32 Å². The fraction of sp³-hybridized carbons (Fsp3) is 0.478. The predicted molar refractivity (Wildman–Crippen MR) is 111 cm³/mol. The van der Waals surface area contributed by atoms with E-state index in [0.717, 1.165) is 36.2 Å². The monoisotopic (exact) mass is 401 g/mol. The average molecular weight is 402 g/mol. The van der Waals surface area contributed by atoms with E-state index in [1.54, 1.807) is 6.07 Å². The van der Waals surface area contributed by atoms with Crippen LogP contribution in [0.25, 0.3) is 0 Å². The number of ketones is 1. The number of rotatable bonds is 5. The minimum atomic E-state index is -0.451. The second-order valence-electron chi connectivity index (χ2n) is 8.47. The summed E-state index contributed by atoms with van der Waals surface area (Å²) < 4.78 is 5.53. The van der Waals surface area contributed by atoms with E-state index in [0.29, 0.717) is 29.2 Å². The molecule has 3 rings (SSSR count). The lowest BCUT2D eigenvalue weighted by molar-refractivity contribution is -0.139. The standard InChI is InChI=1S/C23H28ClNO3/c1-5-6-10-28-22(27)19-14(2)25-17-12-23(3,4)13-18(26)21(17)20(19)15-8-7-9-16(24)11-15/h7-9,11,20,25H,5-6,10,12-13H2,1-4H3/t20-/m1/s1. The first kappa shape index (κ1) is 20.7. The Kier molecular flexibility index (Phi) is 5.99. The minimum absolute atomic E-state index is 0.0788. The third kappa shape index (κ3) is 4.17. The molecule has 1 aromatic carbocycles. The van der Waals surface area contributed by atoms with E-state index in [-0.39, 0.29) is 17.2 Å². The molecule has 4 nitrogen and oxygen atoms in total. The van der Waals surface area contributed by atoms with Gasteiger partial charge in [0.05, 0.1) is 12.2 Å². The number of ether oxygens (including phenoxy) is 1. The van der Waals surface area contributed by atoms with Crippen LogP contribution in [0.1, 0.15) is 64.9 Å². The maximum Gasteiger partial charge on any atom is 0.336 e. The zero-order valence-corrected chi connectivity index (χ0v) is 17.8. The van der Waals surface area contributed by atoms with Gasteiger partial charge in [-0.15, -0.1) is 0 Å². The van der Waals surface area contributed by atoms with Crippen LogP contribution in [0.3, 0.4) is 0 Å². The van der Waals surface area contributed by atoms with Crippen molar-refractivity contribution in [3.8, 4) is 0 Å². The van der Waals surface area contributed by atoms with Crippen molar-refractivity contribution < 1.29 is 14.3 Å². The number of carbonyl (C=O) groups is 2. The Bertz CT molecular complexity index is 866. The molecule has 2 aliphatic rings. The molecule has 0 amide bonds. The van der Waals surface area contributed by atoms with Crippen molar-refractivity contribution in [2.24, 2.45) is 5.41 Å². The Morgan fingerprint density at radius 1 is 1.32 bits per heavy atom. The summed E-state index contributed by atoms with van der Waals surface area (Å²) in [6, 6.07) is 7.41. The van der Waals surface area contributed by atoms with Gasteiger partial charge in [-0.25, -0.2) is 4.79 Å².